The van der Waals surface area contributed by atoms with Crippen LogP contribution in [0.1, 0.15) is 44.1 Å². The summed E-state index contributed by atoms with van der Waals surface area (Å²) in [5.41, 5.74) is 6.26. The quantitative estimate of drug-likeness (QED) is 0.478. The van der Waals surface area contributed by atoms with E-state index < -0.39 is 0 Å². The van der Waals surface area contributed by atoms with Crippen LogP contribution in [-0.4, -0.2) is 11.9 Å². The van der Waals surface area contributed by atoms with Crippen LogP contribution in [0.4, 0.5) is 0 Å². The first-order chi connectivity index (χ1) is 8.27. The molecule has 0 bridgehead atoms. The summed E-state index contributed by atoms with van der Waals surface area (Å²) in [7, 11) is 0. The predicted octanol–water partition coefficient (Wildman–Crippen LogP) is 3.07. The summed E-state index contributed by atoms with van der Waals surface area (Å²) in [6, 6.07) is 7.56. The lowest BCUT2D eigenvalue weighted by molar-refractivity contribution is 0.183. The maximum Gasteiger partial charge on any atom is 0.130 e. The number of benzene rings is 1. The molecule has 2 rings (SSSR count). The molecule has 0 heterocycles. The van der Waals surface area contributed by atoms with E-state index in [0.29, 0.717) is 5.56 Å². The Bertz CT molecular complexity index is 382. The molecule has 0 aromatic heterocycles. The van der Waals surface area contributed by atoms with Crippen molar-refractivity contribution in [2.75, 3.05) is 0 Å². The van der Waals surface area contributed by atoms with Crippen LogP contribution in [0.2, 0.25) is 0 Å². The van der Waals surface area contributed by atoms with Crippen molar-refractivity contribution in [3.05, 3.63) is 29.8 Å². The largest absolute Gasteiger partial charge is 0.490 e. The molecule has 0 atom stereocenters. The number of ether oxygens (including phenoxy) is 1. The Kier molecular flexibility index (Phi) is 4.02. The number of amidine groups is 1. The zero-order valence-electron chi connectivity index (χ0n) is 10.1. The second-order valence-electron chi connectivity index (χ2n) is 4.64. The average molecular weight is 232 g/mol. The zero-order valence-corrected chi connectivity index (χ0v) is 10.1. The fourth-order valence-electron chi connectivity index (χ4n) is 2.33. The number of hydrogen-bond acceptors (Lipinski definition) is 2. The monoisotopic (exact) mass is 232 g/mol. The summed E-state index contributed by atoms with van der Waals surface area (Å²) in [5.74, 6) is 0.834. The fraction of sp³-hybridized carbons (Fsp3) is 0.500. The normalized spacial score (nSPS) is 17.4. The van der Waals surface area contributed by atoms with Gasteiger partial charge in [-0.3, -0.25) is 5.41 Å². The third-order valence-electron chi connectivity index (χ3n) is 3.27. The Labute approximate surface area is 102 Å². The number of nitrogen functional groups attached to an aromatic ring is 1. The highest BCUT2D eigenvalue weighted by Crippen LogP contribution is 2.25. The van der Waals surface area contributed by atoms with Gasteiger partial charge in [-0.1, -0.05) is 25.0 Å². The summed E-state index contributed by atoms with van der Waals surface area (Å²) in [4.78, 5) is 0. The molecule has 1 saturated carbocycles. The van der Waals surface area contributed by atoms with Crippen molar-refractivity contribution in [2.45, 2.75) is 44.6 Å². The number of nitrogens with two attached hydrogens (primary N) is 1. The van der Waals surface area contributed by atoms with E-state index in [4.69, 9.17) is 15.9 Å². The van der Waals surface area contributed by atoms with Crippen molar-refractivity contribution in [1.82, 2.24) is 0 Å². The van der Waals surface area contributed by atoms with Gasteiger partial charge in [0.1, 0.15) is 11.6 Å². The van der Waals surface area contributed by atoms with Crippen molar-refractivity contribution in [3.63, 3.8) is 0 Å². The molecule has 3 N–H and O–H groups in total. The van der Waals surface area contributed by atoms with Gasteiger partial charge in [0.2, 0.25) is 0 Å². The van der Waals surface area contributed by atoms with E-state index in [1.807, 2.05) is 24.3 Å². The molecule has 0 spiro atoms. The number of hydrogen-bond donors (Lipinski definition) is 2. The second kappa shape index (κ2) is 5.71. The summed E-state index contributed by atoms with van der Waals surface area (Å²) in [6.07, 6.45) is 7.64. The lowest BCUT2D eigenvalue weighted by Crippen LogP contribution is -2.19. The van der Waals surface area contributed by atoms with Crippen LogP contribution < -0.4 is 10.5 Å². The minimum Gasteiger partial charge on any atom is -0.490 e. The molecule has 17 heavy (non-hydrogen) atoms. The first-order valence-corrected chi connectivity index (χ1v) is 6.37. The Balaban J connectivity index is 2.09. The van der Waals surface area contributed by atoms with Crippen LogP contribution in [-0.2, 0) is 0 Å². The first-order valence-electron chi connectivity index (χ1n) is 6.37. The van der Waals surface area contributed by atoms with Crippen LogP contribution in [0.3, 0.4) is 0 Å². The van der Waals surface area contributed by atoms with E-state index in [9.17, 15) is 0 Å². The third kappa shape index (κ3) is 3.22. The second-order valence-corrected chi connectivity index (χ2v) is 4.64. The highest BCUT2D eigenvalue weighted by molar-refractivity contribution is 5.97. The van der Waals surface area contributed by atoms with Crippen molar-refractivity contribution >= 4 is 5.84 Å². The van der Waals surface area contributed by atoms with Gasteiger partial charge in [0.25, 0.3) is 0 Å². The van der Waals surface area contributed by atoms with E-state index in [2.05, 4.69) is 0 Å². The zero-order chi connectivity index (χ0) is 12.1. The van der Waals surface area contributed by atoms with Crippen molar-refractivity contribution in [1.29, 1.82) is 5.41 Å². The maximum absolute atomic E-state index is 7.53. The first kappa shape index (κ1) is 12.0. The van der Waals surface area contributed by atoms with E-state index in [1.54, 1.807) is 0 Å². The highest BCUT2D eigenvalue weighted by Gasteiger charge is 2.15. The molecule has 1 aromatic rings. The van der Waals surface area contributed by atoms with Crippen LogP contribution >= 0.6 is 0 Å². The van der Waals surface area contributed by atoms with Gasteiger partial charge in [0.05, 0.1) is 11.7 Å². The smallest absolute Gasteiger partial charge is 0.130 e. The molecule has 3 heteroatoms. The van der Waals surface area contributed by atoms with Gasteiger partial charge in [-0.05, 0) is 37.8 Å². The lowest BCUT2D eigenvalue weighted by Gasteiger charge is -2.18. The Hall–Kier alpha value is -1.51. The predicted molar refractivity (Wildman–Crippen MR) is 69.6 cm³/mol. The van der Waals surface area contributed by atoms with E-state index in [0.717, 1.165) is 18.6 Å². The molecule has 1 aliphatic rings. The molecular weight excluding hydrogens is 212 g/mol. The van der Waals surface area contributed by atoms with Gasteiger partial charge in [-0.2, -0.15) is 0 Å². The molecule has 1 aliphatic carbocycles. The topological polar surface area (TPSA) is 59.1 Å². The lowest BCUT2D eigenvalue weighted by atomic mass is 10.1. The third-order valence-corrected chi connectivity index (χ3v) is 3.27. The van der Waals surface area contributed by atoms with Crippen molar-refractivity contribution in [3.8, 4) is 5.75 Å². The van der Waals surface area contributed by atoms with Crippen LogP contribution in [0, 0.1) is 5.41 Å². The molecule has 1 aromatic carbocycles. The Morgan fingerprint density at radius 1 is 1.12 bits per heavy atom. The standard InChI is InChI=1S/C14H20N2O/c15-14(16)12-9-5-6-10-13(12)17-11-7-3-1-2-4-8-11/h5-6,9-11H,1-4,7-8H2,(H3,15,16). The van der Waals surface area contributed by atoms with E-state index in [1.165, 1.54) is 25.7 Å². The molecular formula is C14H20N2O. The van der Waals surface area contributed by atoms with Crippen LogP contribution in [0.25, 0.3) is 0 Å². The van der Waals surface area contributed by atoms with E-state index in [-0.39, 0.29) is 11.9 Å². The van der Waals surface area contributed by atoms with Gasteiger partial charge < -0.3 is 10.5 Å². The van der Waals surface area contributed by atoms with Gasteiger partial charge in [-0.15, -0.1) is 0 Å². The van der Waals surface area contributed by atoms with Gasteiger partial charge in [-0.25, -0.2) is 0 Å². The molecule has 0 radical (unpaired) electrons. The van der Waals surface area contributed by atoms with Gasteiger partial charge >= 0.3 is 0 Å². The molecule has 1 fully saturated rings. The highest BCUT2D eigenvalue weighted by atomic mass is 16.5. The number of rotatable bonds is 3. The minimum absolute atomic E-state index is 0.0780. The Morgan fingerprint density at radius 3 is 2.41 bits per heavy atom. The number of para-hydroxylation sites is 1. The fourth-order valence-corrected chi connectivity index (χ4v) is 2.33. The molecule has 92 valence electrons. The molecule has 3 nitrogen and oxygen atoms in total. The van der Waals surface area contributed by atoms with Gasteiger partial charge in [0, 0.05) is 0 Å². The average Bonchev–Trinajstić information content (AvgIpc) is 2.58. The van der Waals surface area contributed by atoms with Crippen LogP contribution in [0.15, 0.2) is 24.3 Å². The van der Waals surface area contributed by atoms with Gasteiger partial charge in [0.15, 0.2) is 0 Å². The maximum atomic E-state index is 7.53. The molecule has 0 amide bonds. The van der Waals surface area contributed by atoms with Crippen molar-refractivity contribution < 1.29 is 4.74 Å². The Morgan fingerprint density at radius 2 is 1.76 bits per heavy atom. The summed E-state index contributed by atoms with van der Waals surface area (Å²) in [6.45, 7) is 0. The molecule has 0 unspecified atom stereocenters. The summed E-state index contributed by atoms with van der Waals surface area (Å²) in [5, 5.41) is 7.53. The minimum atomic E-state index is 0.0780. The summed E-state index contributed by atoms with van der Waals surface area (Å²) < 4.78 is 6.01. The SMILES string of the molecule is N=C(N)c1ccccc1OC1CCCCCC1. The molecule has 0 aliphatic heterocycles. The summed E-state index contributed by atoms with van der Waals surface area (Å²) >= 11 is 0. The molecule has 0 saturated heterocycles. The van der Waals surface area contributed by atoms with E-state index >= 15 is 0 Å². The van der Waals surface area contributed by atoms with Crippen molar-refractivity contribution in [2.24, 2.45) is 5.73 Å². The van der Waals surface area contributed by atoms with Crippen LogP contribution in [0.5, 0.6) is 5.75 Å². The number of nitrogens with one attached hydrogen (secondary N) is 1.